The first kappa shape index (κ1) is 46.7. The first-order valence-electron chi connectivity index (χ1n) is 25.5. The van der Waals surface area contributed by atoms with Crippen molar-refractivity contribution in [2.75, 3.05) is 21.7 Å². The molecule has 0 spiro atoms. The summed E-state index contributed by atoms with van der Waals surface area (Å²) in [5, 5.41) is 14.2. The molecule has 0 saturated heterocycles. The maximum Gasteiger partial charge on any atom is 0.0569 e. The molecule has 10 aromatic rings. The molecule has 3 nitrogen and oxygen atoms in total. The van der Waals surface area contributed by atoms with Crippen LogP contribution in [-0.4, -0.2) is 6.54 Å². The first-order valence-corrected chi connectivity index (χ1v) is 25.5. The van der Waals surface area contributed by atoms with Crippen molar-refractivity contribution in [2.24, 2.45) is 0 Å². The third-order valence-electron chi connectivity index (χ3n) is 14.5. The summed E-state index contributed by atoms with van der Waals surface area (Å²) in [5.74, 6) is 0. The van der Waals surface area contributed by atoms with E-state index in [1.165, 1.54) is 98.5 Å². The van der Waals surface area contributed by atoms with E-state index in [0.717, 1.165) is 34.9 Å². The molecule has 1 heterocycles. The molecule has 0 unspecified atom stereocenters. The second-order valence-corrected chi connectivity index (χ2v) is 20.5. The number of aryl methyl sites for hydroxylation is 1. The molecular weight excluding hydrogens is 883 g/mol. The highest BCUT2D eigenvalue weighted by molar-refractivity contribution is 6.28. The van der Waals surface area contributed by atoms with Gasteiger partial charge in [-0.3, -0.25) is 0 Å². The number of nitrogens with one attached hydrogen (secondary N) is 1. The minimum Gasteiger partial charge on any atom is -0.355 e. The molecule has 0 saturated carbocycles. The van der Waals surface area contributed by atoms with Gasteiger partial charge in [-0.15, -0.1) is 0 Å². The van der Waals surface area contributed by atoms with Crippen molar-refractivity contribution in [1.29, 1.82) is 0 Å². The van der Waals surface area contributed by atoms with Crippen LogP contribution in [0.15, 0.2) is 243 Å². The highest BCUT2D eigenvalue weighted by Crippen LogP contribution is 2.49. The van der Waals surface area contributed by atoms with Crippen LogP contribution in [-0.2, 0) is 5.41 Å². The van der Waals surface area contributed by atoms with Gasteiger partial charge in [-0.2, -0.15) is 0 Å². The van der Waals surface area contributed by atoms with E-state index in [0.29, 0.717) is 0 Å². The van der Waals surface area contributed by atoms with Crippen LogP contribution in [0.5, 0.6) is 0 Å². The summed E-state index contributed by atoms with van der Waals surface area (Å²) in [6.07, 6.45) is 12.9. The van der Waals surface area contributed by atoms with Crippen LogP contribution in [0.25, 0.3) is 65.7 Å². The van der Waals surface area contributed by atoms with Gasteiger partial charge in [-0.05, 0) is 134 Å². The highest BCUT2D eigenvalue weighted by atomic mass is 15.1. The molecule has 12 rings (SSSR count). The average Bonchev–Trinajstić information content (AvgIpc) is 3.41. The Hall–Kier alpha value is -8.66. The van der Waals surface area contributed by atoms with E-state index < -0.39 is 0 Å². The van der Waals surface area contributed by atoms with Gasteiger partial charge in [0.1, 0.15) is 0 Å². The Labute approximate surface area is 430 Å². The van der Waals surface area contributed by atoms with E-state index in [-0.39, 0.29) is 5.41 Å². The molecular formula is C70H61N3. The molecule has 1 N–H and O–H groups in total. The molecule has 1 aliphatic carbocycles. The van der Waals surface area contributed by atoms with Crippen LogP contribution in [0, 0.1) is 13.8 Å². The molecule has 0 atom stereocenters. The van der Waals surface area contributed by atoms with Crippen LogP contribution in [0.1, 0.15) is 44.4 Å². The molecule has 10 aromatic carbocycles. The van der Waals surface area contributed by atoms with Crippen molar-refractivity contribution in [2.45, 2.75) is 47.0 Å². The smallest absolute Gasteiger partial charge is 0.0569 e. The summed E-state index contributed by atoms with van der Waals surface area (Å²) in [5.41, 5.74) is 18.1. The predicted molar refractivity (Wildman–Crippen MR) is 316 cm³/mol. The van der Waals surface area contributed by atoms with E-state index in [1.54, 1.807) is 0 Å². The fourth-order valence-corrected chi connectivity index (χ4v) is 10.7. The van der Waals surface area contributed by atoms with Crippen molar-refractivity contribution in [3.05, 3.63) is 270 Å². The normalized spacial score (nSPS) is 13.1. The number of anilines is 5. The fraction of sp³-hybridized carbons (Fsp3) is 0.114. The molecule has 1 aliphatic heterocycles. The number of para-hydroxylation sites is 2. The maximum atomic E-state index is 4.13. The lowest BCUT2D eigenvalue weighted by Crippen LogP contribution is -2.43. The van der Waals surface area contributed by atoms with Crippen molar-refractivity contribution < 1.29 is 0 Å². The topological polar surface area (TPSA) is 18.5 Å². The lowest BCUT2D eigenvalue weighted by Gasteiger charge is -2.30. The Bertz CT molecular complexity index is 3910. The molecule has 356 valence electrons. The van der Waals surface area contributed by atoms with Gasteiger partial charge in [-0.25, -0.2) is 0 Å². The number of rotatable bonds is 10. The Kier molecular flexibility index (Phi) is 12.5. The summed E-state index contributed by atoms with van der Waals surface area (Å²) in [6.45, 7) is 18.5. The van der Waals surface area contributed by atoms with Crippen LogP contribution in [0.3, 0.4) is 0 Å². The van der Waals surface area contributed by atoms with E-state index in [9.17, 15) is 0 Å². The average molecular weight is 944 g/mol. The number of hydrogen-bond donors (Lipinski definition) is 1. The zero-order chi connectivity index (χ0) is 50.2. The Balaban J connectivity index is 0.000000265. The van der Waals surface area contributed by atoms with Gasteiger partial charge in [0.2, 0.25) is 0 Å². The standard InChI is InChI=1S/C53H48N2.C17H13N/c1-35(2)18-16-17-31-55(52-37(4)43(38-20-10-8-11-21-38)29-30-44(52)39-22-12-9-13-23-39)49-34-48(54-47-24-15-14-19-36(47)3)45-27-25-40-32-42(53(5,6)7)33-41-26-28-46(49)51(45)50(40)41;1-2-6-13(7-3-1)18-11-10-16-14-8-4-5-9-15(14)17(16)12-18/h8-34,54H,1H2,2-7H3;1-11H,12H2/b18-16-,31-17-;. The van der Waals surface area contributed by atoms with E-state index >= 15 is 0 Å². The van der Waals surface area contributed by atoms with Gasteiger partial charge in [0.25, 0.3) is 0 Å². The van der Waals surface area contributed by atoms with Crippen molar-refractivity contribution >= 4 is 71.9 Å². The number of fused-ring (bicyclic) bond motifs is 2. The molecule has 0 aromatic heterocycles. The SMILES string of the molecule is C1=CN(c2ccccc2)CC2=c3ccccc3=C12.C=C(C)/C=C\C=C/N(c1c(-c2ccccc2)ccc(-c2ccccc2)c1C)c1cc(Nc2ccccc2C)c2ccc3cc(C(C)(C)C)cc4ccc1c2c34. The quantitative estimate of drug-likeness (QED) is 0.109. The van der Waals surface area contributed by atoms with Gasteiger partial charge in [0.15, 0.2) is 0 Å². The van der Waals surface area contributed by atoms with Gasteiger partial charge in [0, 0.05) is 57.7 Å². The van der Waals surface area contributed by atoms with E-state index in [2.05, 4.69) is 287 Å². The highest BCUT2D eigenvalue weighted by Gasteiger charge is 2.25. The molecule has 0 fully saturated rings. The summed E-state index contributed by atoms with van der Waals surface area (Å²) in [4.78, 5) is 4.72. The van der Waals surface area contributed by atoms with Crippen LogP contribution >= 0.6 is 0 Å². The van der Waals surface area contributed by atoms with Crippen LogP contribution < -0.4 is 25.6 Å². The first-order chi connectivity index (χ1) is 35.5. The zero-order valence-electron chi connectivity index (χ0n) is 42.7. The monoisotopic (exact) mass is 943 g/mol. The molecule has 0 amide bonds. The summed E-state index contributed by atoms with van der Waals surface area (Å²) in [7, 11) is 0. The number of allylic oxidation sites excluding steroid dienone is 5. The molecule has 0 radical (unpaired) electrons. The summed E-state index contributed by atoms with van der Waals surface area (Å²) in [6, 6.07) is 70.2. The zero-order valence-corrected chi connectivity index (χ0v) is 42.7. The number of nitrogens with zero attached hydrogens (tertiary/aromatic N) is 2. The van der Waals surface area contributed by atoms with Crippen molar-refractivity contribution in [1.82, 2.24) is 0 Å². The van der Waals surface area contributed by atoms with Gasteiger partial charge >= 0.3 is 0 Å². The van der Waals surface area contributed by atoms with E-state index in [1.807, 2.05) is 6.92 Å². The van der Waals surface area contributed by atoms with Crippen LogP contribution in [0.4, 0.5) is 28.4 Å². The van der Waals surface area contributed by atoms with Gasteiger partial charge in [0.05, 0.1) is 11.4 Å². The number of hydrogen-bond acceptors (Lipinski definition) is 3. The predicted octanol–water partition coefficient (Wildman–Crippen LogP) is 17.4. The molecule has 0 bridgehead atoms. The minimum atomic E-state index is 0.0290. The largest absolute Gasteiger partial charge is 0.355 e. The summed E-state index contributed by atoms with van der Waals surface area (Å²) < 4.78 is 0. The Morgan fingerprint density at radius 2 is 1.21 bits per heavy atom. The van der Waals surface area contributed by atoms with Crippen LogP contribution in [0.2, 0.25) is 0 Å². The molecule has 73 heavy (non-hydrogen) atoms. The summed E-state index contributed by atoms with van der Waals surface area (Å²) >= 11 is 0. The fourth-order valence-electron chi connectivity index (χ4n) is 10.7. The van der Waals surface area contributed by atoms with Gasteiger partial charge in [-0.1, -0.05) is 215 Å². The number of benzene rings is 10. The Morgan fingerprint density at radius 3 is 1.88 bits per heavy atom. The third kappa shape index (κ3) is 9.04. The second kappa shape index (κ2) is 19.5. The molecule has 3 heteroatoms. The maximum absolute atomic E-state index is 4.13. The van der Waals surface area contributed by atoms with Crippen molar-refractivity contribution in [3.8, 4) is 22.3 Å². The lowest BCUT2D eigenvalue weighted by molar-refractivity contribution is 0.591. The minimum absolute atomic E-state index is 0.0290. The van der Waals surface area contributed by atoms with E-state index in [4.69, 9.17) is 0 Å². The van der Waals surface area contributed by atoms with Gasteiger partial charge < -0.3 is 15.1 Å². The Morgan fingerprint density at radius 1 is 0.603 bits per heavy atom. The third-order valence-corrected chi connectivity index (χ3v) is 14.5. The second-order valence-electron chi connectivity index (χ2n) is 20.5. The molecule has 2 aliphatic rings. The van der Waals surface area contributed by atoms with Crippen molar-refractivity contribution in [3.63, 3.8) is 0 Å². The lowest BCUT2D eigenvalue weighted by atomic mass is 9.83.